The molecule has 2 rings (SSSR count). The second-order valence-electron chi connectivity index (χ2n) is 4.73. The maximum Gasteiger partial charge on any atom is 0.237 e. The number of rotatable bonds is 6. The fraction of sp³-hybridized carbons (Fsp3) is 0.312. The summed E-state index contributed by atoms with van der Waals surface area (Å²) in [5.41, 5.74) is 1.65. The summed E-state index contributed by atoms with van der Waals surface area (Å²) in [6, 6.07) is 9.16. The molecule has 1 aromatic carbocycles. The number of ether oxygens (including phenoxy) is 1. The van der Waals surface area contributed by atoms with E-state index in [0.717, 1.165) is 28.6 Å². The van der Waals surface area contributed by atoms with E-state index in [1.54, 1.807) is 7.11 Å². The number of anilines is 1. The van der Waals surface area contributed by atoms with Gasteiger partial charge in [-0.1, -0.05) is 18.7 Å². The first-order valence-electron chi connectivity index (χ1n) is 7.02. The highest BCUT2D eigenvalue weighted by atomic mass is 32.2. The average Bonchev–Trinajstić information content (AvgIpc) is 2.53. The van der Waals surface area contributed by atoms with Crippen molar-refractivity contribution < 1.29 is 9.53 Å². The zero-order chi connectivity index (χ0) is 15.9. The molecule has 0 aliphatic rings. The summed E-state index contributed by atoms with van der Waals surface area (Å²) in [4.78, 5) is 20.6. The summed E-state index contributed by atoms with van der Waals surface area (Å²) < 4.78 is 5.10. The SMILES string of the molecule is CC[C@H](Sc1cc(C)ncn1)C(=O)Nc1ccc(OC)cc1. The summed E-state index contributed by atoms with van der Waals surface area (Å²) in [7, 11) is 1.61. The van der Waals surface area contributed by atoms with Crippen LogP contribution in [0.15, 0.2) is 41.7 Å². The first-order valence-corrected chi connectivity index (χ1v) is 7.90. The molecular formula is C16H19N3O2S. The normalized spacial score (nSPS) is 11.8. The third-order valence-corrected chi connectivity index (χ3v) is 4.36. The number of methoxy groups -OCH3 is 1. The van der Waals surface area contributed by atoms with Crippen LogP contribution in [0.5, 0.6) is 5.75 Å². The van der Waals surface area contributed by atoms with E-state index in [0.29, 0.717) is 0 Å². The van der Waals surface area contributed by atoms with Gasteiger partial charge in [0, 0.05) is 11.4 Å². The van der Waals surface area contributed by atoms with Crippen LogP contribution in [0.25, 0.3) is 0 Å². The summed E-state index contributed by atoms with van der Waals surface area (Å²) in [6.07, 6.45) is 2.24. The van der Waals surface area contributed by atoms with Gasteiger partial charge in [-0.3, -0.25) is 4.79 Å². The fourth-order valence-electron chi connectivity index (χ4n) is 1.86. The number of carbonyl (C=O) groups is 1. The van der Waals surface area contributed by atoms with Gasteiger partial charge in [0.05, 0.1) is 12.4 Å². The molecule has 0 aliphatic heterocycles. The van der Waals surface area contributed by atoms with Crippen LogP contribution in [-0.2, 0) is 4.79 Å². The number of hydrogen-bond donors (Lipinski definition) is 1. The van der Waals surface area contributed by atoms with Gasteiger partial charge in [-0.25, -0.2) is 9.97 Å². The minimum absolute atomic E-state index is 0.0334. The van der Waals surface area contributed by atoms with E-state index < -0.39 is 0 Å². The number of aromatic nitrogens is 2. The van der Waals surface area contributed by atoms with Crippen LogP contribution in [0.2, 0.25) is 0 Å². The Labute approximate surface area is 134 Å². The van der Waals surface area contributed by atoms with Gasteiger partial charge < -0.3 is 10.1 Å². The van der Waals surface area contributed by atoms with E-state index >= 15 is 0 Å². The molecule has 1 heterocycles. The Kier molecular flexibility index (Phi) is 5.77. The van der Waals surface area contributed by atoms with Crippen molar-refractivity contribution in [2.75, 3.05) is 12.4 Å². The second kappa shape index (κ2) is 7.79. The Bertz CT molecular complexity index is 632. The molecule has 1 atom stereocenters. The number of nitrogens with zero attached hydrogens (tertiary/aromatic N) is 2. The highest BCUT2D eigenvalue weighted by Gasteiger charge is 2.18. The van der Waals surface area contributed by atoms with Crippen LogP contribution in [0.3, 0.4) is 0 Å². The van der Waals surface area contributed by atoms with Crippen LogP contribution >= 0.6 is 11.8 Å². The molecule has 22 heavy (non-hydrogen) atoms. The lowest BCUT2D eigenvalue weighted by Gasteiger charge is -2.14. The molecule has 1 amide bonds. The van der Waals surface area contributed by atoms with E-state index in [-0.39, 0.29) is 11.2 Å². The second-order valence-corrected chi connectivity index (χ2v) is 5.95. The molecule has 0 bridgehead atoms. The average molecular weight is 317 g/mol. The minimum Gasteiger partial charge on any atom is -0.497 e. The first kappa shape index (κ1) is 16.3. The largest absolute Gasteiger partial charge is 0.497 e. The smallest absolute Gasteiger partial charge is 0.237 e. The van der Waals surface area contributed by atoms with Gasteiger partial charge in [0.1, 0.15) is 17.1 Å². The number of benzene rings is 1. The van der Waals surface area contributed by atoms with E-state index in [9.17, 15) is 4.79 Å². The molecule has 0 aliphatic carbocycles. The van der Waals surface area contributed by atoms with Crippen molar-refractivity contribution in [3.8, 4) is 5.75 Å². The van der Waals surface area contributed by atoms with E-state index in [1.807, 2.05) is 44.2 Å². The zero-order valence-electron chi connectivity index (χ0n) is 12.9. The highest BCUT2D eigenvalue weighted by Crippen LogP contribution is 2.25. The molecule has 5 nitrogen and oxygen atoms in total. The van der Waals surface area contributed by atoms with Gasteiger partial charge in [0.15, 0.2) is 0 Å². The lowest BCUT2D eigenvalue weighted by atomic mass is 10.2. The fourth-order valence-corrected chi connectivity index (χ4v) is 2.83. The van der Waals surface area contributed by atoms with Gasteiger partial charge in [0.25, 0.3) is 0 Å². The monoisotopic (exact) mass is 317 g/mol. The molecule has 116 valence electrons. The van der Waals surface area contributed by atoms with Gasteiger partial charge in [-0.2, -0.15) is 0 Å². The van der Waals surface area contributed by atoms with E-state index in [1.165, 1.54) is 18.1 Å². The summed E-state index contributed by atoms with van der Waals surface area (Å²) in [6.45, 7) is 3.89. The van der Waals surface area contributed by atoms with Crippen LogP contribution in [0.4, 0.5) is 5.69 Å². The number of carbonyl (C=O) groups excluding carboxylic acids is 1. The van der Waals surface area contributed by atoms with Gasteiger partial charge in [0.2, 0.25) is 5.91 Å². The number of nitrogens with one attached hydrogen (secondary N) is 1. The standard InChI is InChI=1S/C16H19N3O2S/c1-4-14(22-15-9-11(2)17-10-18-15)16(20)19-12-5-7-13(21-3)8-6-12/h5-10,14H,4H2,1-3H3,(H,19,20)/t14-/m0/s1. The maximum atomic E-state index is 12.4. The zero-order valence-corrected chi connectivity index (χ0v) is 13.7. The van der Waals surface area contributed by atoms with Crippen molar-refractivity contribution in [1.29, 1.82) is 0 Å². The first-order chi connectivity index (χ1) is 10.6. The number of aryl methyl sites for hydroxylation is 1. The predicted molar refractivity (Wildman–Crippen MR) is 88.3 cm³/mol. The Morgan fingerprint density at radius 2 is 2.05 bits per heavy atom. The third-order valence-electron chi connectivity index (χ3n) is 3.06. The molecule has 1 N–H and O–H groups in total. The molecule has 6 heteroatoms. The lowest BCUT2D eigenvalue weighted by Crippen LogP contribution is -2.24. The van der Waals surface area contributed by atoms with Crippen molar-refractivity contribution in [3.05, 3.63) is 42.4 Å². The van der Waals surface area contributed by atoms with E-state index in [2.05, 4.69) is 15.3 Å². The molecular weight excluding hydrogens is 298 g/mol. The molecule has 0 radical (unpaired) electrons. The van der Waals surface area contributed by atoms with Crippen molar-refractivity contribution in [3.63, 3.8) is 0 Å². The lowest BCUT2D eigenvalue weighted by molar-refractivity contribution is -0.115. The summed E-state index contributed by atoms with van der Waals surface area (Å²) >= 11 is 1.45. The quantitative estimate of drug-likeness (QED) is 0.654. The Morgan fingerprint density at radius 3 is 2.64 bits per heavy atom. The number of thioether (sulfide) groups is 1. The Morgan fingerprint density at radius 1 is 1.32 bits per heavy atom. The topological polar surface area (TPSA) is 64.1 Å². The van der Waals surface area contributed by atoms with E-state index in [4.69, 9.17) is 4.74 Å². The van der Waals surface area contributed by atoms with Crippen LogP contribution in [0, 0.1) is 6.92 Å². The summed E-state index contributed by atoms with van der Waals surface area (Å²) in [5.74, 6) is 0.727. The molecule has 0 fully saturated rings. The van der Waals surface area contributed by atoms with Crippen LogP contribution in [0.1, 0.15) is 19.0 Å². The van der Waals surface area contributed by atoms with Crippen LogP contribution in [-0.4, -0.2) is 28.2 Å². The third kappa shape index (κ3) is 4.46. The molecule has 0 saturated carbocycles. The minimum atomic E-state index is -0.198. The van der Waals surface area contributed by atoms with Gasteiger partial charge in [-0.15, -0.1) is 0 Å². The molecule has 0 unspecified atom stereocenters. The molecule has 0 spiro atoms. The van der Waals surface area contributed by atoms with Gasteiger partial charge in [-0.05, 0) is 43.7 Å². The molecule has 1 aromatic heterocycles. The van der Waals surface area contributed by atoms with Crippen LogP contribution < -0.4 is 10.1 Å². The van der Waals surface area contributed by atoms with Crippen molar-refractivity contribution in [2.24, 2.45) is 0 Å². The summed E-state index contributed by atoms with van der Waals surface area (Å²) in [5, 5.41) is 3.53. The Hall–Kier alpha value is -2.08. The van der Waals surface area contributed by atoms with Crippen molar-refractivity contribution in [2.45, 2.75) is 30.5 Å². The van der Waals surface area contributed by atoms with Crippen molar-refractivity contribution in [1.82, 2.24) is 9.97 Å². The highest BCUT2D eigenvalue weighted by molar-refractivity contribution is 8.00. The predicted octanol–water partition coefficient (Wildman–Crippen LogP) is 3.30. The molecule has 2 aromatic rings. The number of amides is 1. The van der Waals surface area contributed by atoms with Gasteiger partial charge >= 0.3 is 0 Å². The molecule has 0 saturated heterocycles. The Balaban J connectivity index is 2.01. The van der Waals surface area contributed by atoms with Crippen molar-refractivity contribution >= 4 is 23.4 Å². The number of hydrogen-bond acceptors (Lipinski definition) is 5. The maximum absolute atomic E-state index is 12.4.